The van der Waals surface area contributed by atoms with Crippen molar-refractivity contribution in [3.05, 3.63) is 53.1 Å². The third-order valence-electron chi connectivity index (χ3n) is 6.15. The zero-order valence-electron chi connectivity index (χ0n) is 17.3. The number of hydrogen-bond acceptors (Lipinski definition) is 8. The van der Waals surface area contributed by atoms with Crippen molar-refractivity contribution in [2.24, 2.45) is 5.10 Å². The van der Waals surface area contributed by atoms with E-state index < -0.39 is 0 Å². The first-order valence-electron chi connectivity index (χ1n) is 10.1. The van der Waals surface area contributed by atoms with E-state index in [4.69, 9.17) is 18.9 Å². The molecule has 0 saturated carbocycles. The number of nitrogens with zero attached hydrogens (tertiary/aromatic N) is 1. The lowest BCUT2D eigenvalue weighted by Gasteiger charge is -2.30. The molecular formula is C23H24N2O6. The lowest BCUT2D eigenvalue weighted by molar-refractivity contribution is 0.234. The maximum atomic E-state index is 11.1. The molecule has 8 heteroatoms. The van der Waals surface area contributed by atoms with Crippen LogP contribution in [-0.2, 0) is 6.42 Å². The summed E-state index contributed by atoms with van der Waals surface area (Å²) in [5.41, 5.74) is 6.71. The fourth-order valence-corrected chi connectivity index (χ4v) is 4.48. The number of fused-ring (bicyclic) bond motifs is 4. The SMILES string of the molecule is C=C(CO)C1Cc2c(ccc(C3=NNC4COc5cc(OC)c(OC)cc5C34)c2O)O1. The highest BCUT2D eigenvalue weighted by Gasteiger charge is 2.42. The minimum absolute atomic E-state index is 0.0635. The molecule has 3 aliphatic rings. The largest absolute Gasteiger partial charge is 0.507 e. The van der Waals surface area contributed by atoms with Crippen LogP contribution in [0.2, 0.25) is 0 Å². The van der Waals surface area contributed by atoms with Crippen LogP contribution in [0.3, 0.4) is 0 Å². The number of benzene rings is 2. The maximum absolute atomic E-state index is 11.1. The fraction of sp³-hybridized carbons (Fsp3) is 0.348. The van der Waals surface area contributed by atoms with Crippen LogP contribution < -0.4 is 24.4 Å². The van der Waals surface area contributed by atoms with Gasteiger partial charge in [-0.1, -0.05) is 6.58 Å². The van der Waals surface area contributed by atoms with Crippen molar-refractivity contribution >= 4 is 5.71 Å². The molecule has 0 spiro atoms. The second-order valence-corrected chi connectivity index (χ2v) is 7.83. The van der Waals surface area contributed by atoms with Crippen molar-refractivity contribution in [3.8, 4) is 28.7 Å². The van der Waals surface area contributed by atoms with E-state index in [2.05, 4.69) is 17.1 Å². The van der Waals surface area contributed by atoms with Crippen LogP contribution in [0.1, 0.15) is 22.6 Å². The molecule has 8 nitrogen and oxygen atoms in total. The Morgan fingerprint density at radius 2 is 2.00 bits per heavy atom. The molecule has 31 heavy (non-hydrogen) atoms. The van der Waals surface area contributed by atoms with Crippen LogP contribution >= 0.6 is 0 Å². The molecule has 0 amide bonds. The number of aliphatic hydroxyl groups is 1. The van der Waals surface area contributed by atoms with Crippen LogP contribution in [0, 0.1) is 0 Å². The molecule has 5 rings (SSSR count). The molecule has 3 heterocycles. The summed E-state index contributed by atoms with van der Waals surface area (Å²) in [5.74, 6) is 2.52. The molecular weight excluding hydrogens is 400 g/mol. The Morgan fingerprint density at radius 1 is 1.23 bits per heavy atom. The molecule has 0 saturated heterocycles. The summed E-state index contributed by atoms with van der Waals surface area (Å²) < 4.78 is 22.7. The Hall–Kier alpha value is -3.39. The maximum Gasteiger partial charge on any atom is 0.164 e. The van der Waals surface area contributed by atoms with Gasteiger partial charge in [-0.25, -0.2) is 0 Å². The van der Waals surface area contributed by atoms with Crippen molar-refractivity contribution in [3.63, 3.8) is 0 Å². The molecule has 3 aliphatic heterocycles. The van der Waals surface area contributed by atoms with Gasteiger partial charge in [-0.3, -0.25) is 0 Å². The van der Waals surface area contributed by atoms with Gasteiger partial charge in [0.05, 0.1) is 38.5 Å². The van der Waals surface area contributed by atoms with Gasteiger partial charge in [-0.2, -0.15) is 5.10 Å². The molecule has 2 aromatic rings. The van der Waals surface area contributed by atoms with Crippen LogP contribution in [-0.4, -0.2) is 55.5 Å². The second kappa shape index (κ2) is 7.39. The van der Waals surface area contributed by atoms with Crippen molar-refractivity contribution in [1.82, 2.24) is 5.43 Å². The minimum Gasteiger partial charge on any atom is -0.507 e. The highest BCUT2D eigenvalue weighted by Crippen LogP contribution is 2.47. The summed E-state index contributed by atoms with van der Waals surface area (Å²) in [6.07, 6.45) is 0.103. The number of phenols is 1. The first kappa shape index (κ1) is 19.6. The predicted octanol–water partition coefficient (Wildman–Crippen LogP) is 2.11. The summed E-state index contributed by atoms with van der Waals surface area (Å²) in [6, 6.07) is 7.31. The van der Waals surface area contributed by atoms with Gasteiger partial charge in [0, 0.05) is 29.2 Å². The second-order valence-electron chi connectivity index (χ2n) is 7.83. The Balaban J connectivity index is 1.54. The first-order chi connectivity index (χ1) is 15.0. The number of nitrogens with one attached hydrogen (secondary N) is 1. The fourth-order valence-electron chi connectivity index (χ4n) is 4.48. The first-order valence-corrected chi connectivity index (χ1v) is 10.1. The lowest BCUT2D eigenvalue weighted by atomic mass is 9.82. The number of aromatic hydroxyl groups is 1. The third kappa shape index (κ3) is 2.97. The van der Waals surface area contributed by atoms with Crippen LogP contribution in [0.5, 0.6) is 28.7 Å². The van der Waals surface area contributed by atoms with E-state index in [-0.39, 0.29) is 30.4 Å². The average molecular weight is 424 g/mol. The van der Waals surface area contributed by atoms with Gasteiger partial charge < -0.3 is 34.6 Å². The highest BCUT2D eigenvalue weighted by molar-refractivity contribution is 6.09. The van der Waals surface area contributed by atoms with E-state index in [9.17, 15) is 10.2 Å². The van der Waals surface area contributed by atoms with Gasteiger partial charge in [0.2, 0.25) is 0 Å². The molecule has 162 valence electrons. The number of hydrazone groups is 1. The minimum atomic E-state index is -0.349. The van der Waals surface area contributed by atoms with Gasteiger partial charge in [0.25, 0.3) is 0 Å². The van der Waals surface area contributed by atoms with Crippen LogP contribution in [0.25, 0.3) is 0 Å². The molecule has 0 radical (unpaired) electrons. The predicted molar refractivity (Wildman–Crippen MR) is 114 cm³/mol. The Morgan fingerprint density at radius 3 is 2.74 bits per heavy atom. The van der Waals surface area contributed by atoms with Gasteiger partial charge in [-0.05, 0) is 23.8 Å². The Labute approximate surface area is 179 Å². The standard InChI is InChI=1S/C23H24N2O6/c1-11(9-26)17-7-14-16(31-17)5-4-12(23(14)27)22-21-13-6-19(28-2)20(29-3)8-18(13)30-10-15(21)24-25-22/h4-6,8,15,17,21,24,26-27H,1,7,9-10H2,2-3H3. The van der Waals surface area contributed by atoms with E-state index >= 15 is 0 Å². The lowest BCUT2D eigenvalue weighted by Crippen LogP contribution is -2.37. The summed E-state index contributed by atoms with van der Waals surface area (Å²) in [7, 11) is 3.18. The van der Waals surface area contributed by atoms with E-state index in [0.717, 1.165) is 11.3 Å². The van der Waals surface area contributed by atoms with Crippen molar-refractivity contribution in [2.75, 3.05) is 27.4 Å². The van der Waals surface area contributed by atoms with Crippen molar-refractivity contribution in [2.45, 2.75) is 24.5 Å². The molecule has 0 aliphatic carbocycles. The molecule has 0 aromatic heterocycles. The average Bonchev–Trinajstić information content (AvgIpc) is 3.43. The number of ether oxygens (including phenoxy) is 4. The normalized spacial score (nSPS) is 22.8. The van der Waals surface area contributed by atoms with Gasteiger partial charge in [0.15, 0.2) is 11.5 Å². The number of hydrogen-bond donors (Lipinski definition) is 3. The number of aliphatic hydroxyl groups excluding tert-OH is 1. The molecule has 3 N–H and O–H groups in total. The molecule has 2 aromatic carbocycles. The van der Waals surface area contributed by atoms with Crippen molar-refractivity contribution in [1.29, 1.82) is 0 Å². The van der Waals surface area contributed by atoms with Crippen molar-refractivity contribution < 1.29 is 29.2 Å². The highest BCUT2D eigenvalue weighted by atomic mass is 16.5. The summed E-state index contributed by atoms with van der Waals surface area (Å²) >= 11 is 0. The number of rotatable bonds is 5. The number of methoxy groups -OCH3 is 2. The topological polar surface area (TPSA) is 102 Å². The third-order valence-corrected chi connectivity index (χ3v) is 6.15. The molecule has 0 fully saturated rings. The van der Waals surface area contributed by atoms with Gasteiger partial charge in [-0.15, -0.1) is 0 Å². The zero-order chi connectivity index (χ0) is 21.7. The van der Waals surface area contributed by atoms with Crippen LogP contribution in [0.15, 0.2) is 41.5 Å². The Bertz CT molecular complexity index is 1100. The van der Waals surface area contributed by atoms with Gasteiger partial charge in [0.1, 0.15) is 30.0 Å². The number of phenolic OH excluding ortho intramolecular Hbond substituents is 1. The summed E-state index contributed by atoms with van der Waals surface area (Å²) in [4.78, 5) is 0. The molecule has 3 unspecified atom stereocenters. The van der Waals surface area contributed by atoms with E-state index in [1.165, 1.54) is 0 Å². The summed E-state index contributed by atoms with van der Waals surface area (Å²) in [5, 5.41) is 25.0. The molecule has 3 atom stereocenters. The zero-order valence-corrected chi connectivity index (χ0v) is 17.3. The monoisotopic (exact) mass is 424 g/mol. The Kier molecular flexibility index (Phi) is 4.66. The van der Waals surface area contributed by atoms with E-state index in [1.54, 1.807) is 14.2 Å². The summed E-state index contributed by atoms with van der Waals surface area (Å²) in [6.45, 7) is 4.13. The van der Waals surface area contributed by atoms with Gasteiger partial charge >= 0.3 is 0 Å². The van der Waals surface area contributed by atoms with E-state index in [1.807, 2.05) is 24.3 Å². The quantitative estimate of drug-likeness (QED) is 0.632. The molecule has 0 bridgehead atoms. The van der Waals surface area contributed by atoms with Crippen LogP contribution in [0.4, 0.5) is 0 Å². The smallest absolute Gasteiger partial charge is 0.164 e. The van der Waals surface area contributed by atoms with E-state index in [0.29, 0.717) is 52.7 Å².